The molecule has 0 saturated heterocycles. The number of pyridine rings is 1. The van der Waals surface area contributed by atoms with Gasteiger partial charge in [0.25, 0.3) is 0 Å². The molecule has 2 heterocycles. The fourth-order valence-corrected chi connectivity index (χ4v) is 2.67. The van der Waals surface area contributed by atoms with Crippen LogP contribution in [0.5, 0.6) is 0 Å². The number of nitrogens with one attached hydrogen (secondary N) is 1. The van der Waals surface area contributed by atoms with E-state index in [2.05, 4.69) is 9.97 Å². The van der Waals surface area contributed by atoms with Gasteiger partial charge in [-0.1, -0.05) is 12.1 Å². The molecule has 2 aromatic heterocycles. The van der Waals surface area contributed by atoms with Crippen molar-refractivity contribution in [2.75, 3.05) is 5.73 Å². The molecule has 0 amide bonds. The summed E-state index contributed by atoms with van der Waals surface area (Å²) in [6.07, 6.45) is 6.29. The lowest BCUT2D eigenvalue weighted by Crippen LogP contribution is -2.03. The summed E-state index contributed by atoms with van der Waals surface area (Å²) in [6, 6.07) is 11.7. The number of carbonyl (C=O) groups excluding carboxylic acids is 1. The van der Waals surface area contributed by atoms with Crippen LogP contribution in [0, 0.1) is 0 Å². The number of aryl methyl sites for hydroxylation is 2. The monoisotopic (exact) mass is 293 g/mol. The number of carbonyl (C=O) groups is 1. The van der Waals surface area contributed by atoms with E-state index < -0.39 is 0 Å². The summed E-state index contributed by atoms with van der Waals surface area (Å²) < 4.78 is 0. The highest BCUT2D eigenvalue weighted by molar-refractivity contribution is 5.82. The average Bonchev–Trinajstić information content (AvgIpc) is 3.00. The zero-order valence-electron chi connectivity index (χ0n) is 12.4. The fourth-order valence-electron chi connectivity index (χ4n) is 2.67. The molecular weight excluding hydrogens is 274 g/mol. The topological polar surface area (TPSA) is 71.8 Å². The number of nitrogens with two attached hydrogens (primary N) is 1. The molecule has 0 aliphatic heterocycles. The van der Waals surface area contributed by atoms with Crippen LogP contribution in [-0.4, -0.2) is 15.8 Å². The van der Waals surface area contributed by atoms with Crippen LogP contribution in [-0.2, 0) is 17.6 Å². The Bertz CT molecular complexity index is 792. The highest BCUT2D eigenvalue weighted by atomic mass is 16.1. The maximum absolute atomic E-state index is 12.1. The lowest BCUT2D eigenvalue weighted by Gasteiger charge is -2.04. The van der Waals surface area contributed by atoms with E-state index in [-0.39, 0.29) is 5.78 Å². The third kappa shape index (κ3) is 3.34. The zero-order valence-corrected chi connectivity index (χ0v) is 12.4. The first-order valence-corrected chi connectivity index (χ1v) is 7.49. The number of aromatic amines is 1. The molecule has 0 spiro atoms. The largest absolute Gasteiger partial charge is 0.399 e. The number of Topliss-reactive ketones (excluding diaryl/α,β-unsaturated/α-hetero) is 1. The summed E-state index contributed by atoms with van der Waals surface area (Å²) in [7, 11) is 0. The van der Waals surface area contributed by atoms with E-state index in [1.54, 1.807) is 6.20 Å². The molecule has 0 radical (unpaired) electrons. The molecule has 0 aliphatic carbocycles. The average molecular weight is 293 g/mol. The van der Waals surface area contributed by atoms with Gasteiger partial charge in [-0.2, -0.15) is 0 Å². The molecule has 0 fully saturated rings. The molecular formula is C18H19N3O. The van der Waals surface area contributed by atoms with Crippen molar-refractivity contribution in [3.05, 3.63) is 59.9 Å². The van der Waals surface area contributed by atoms with E-state index in [1.807, 2.05) is 42.6 Å². The normalized spacial score (nSPS) is 10.9. The molecule has 0 bridgehead atoms. The molecule has 0 aliphatic rings. The Balaban J connectivity index is 1.55. The number of nitrogens with zero attached hydrogens (tertiary/aromatic N) is 1. The molecule has 0 atom stereocenters. The number of hydrogen-bond donors (Lipinski definition) is 2. The van der Waals surface area contributed by atoms with Crippen molar-refractivity contribution in [2.45, 2.75) is 25.7 Å². The second kappa shape index (κ2) is 6.43. The third-order valence-corrected chi connectivity index (χ3v) is 3.87. The first-order chi connectivity index (χ1) is 10.7. The van der Waals surface area contributed by atoms with E-state index in [9.17, 15) is 4.79 Å². The summed E-state index contributed by atoms with van der Waals surface area (Å²) in [5, 5.41) is 1.10. The smallest absolute Gasteiger partial charge is 0.137 e. The SMILES string of the molecule is Nc1cccc(CCC(=O)CCc2ccnc3[nH]ccc23)c1. The Kier molecular flexibility index (Phi) is 4.19. The summed E-state index contributed by atoms with van der Waals surface area (Å²) in [5.74, 6) is 0.280. The molecule has 112 valence electrons. The van der Waals surface area contributed by atoms with Gasteiger partial charge in [-0.05, 0) is 48.2 Å². The number of aromatic nitrogens is 2. The van der Waals surface area contributed by atoms with Gasteiger partial charge in [-0.15, -0.1) is 0 Å². The van der Waals surface area contributed by atoms with E-state index >= 15 is 0 Å². The highest BCUT2D eigenvalue weighted by Gasteiger charge is 2.07. The summed E-state index contributed by atoms with van der Waals surface area (Å²) in [5.41, 5.74) is 9.66. The highest BCUT2D eigenvalue weighted by Crippen LogP contribution is 2.17. The molecule has 3 aromatic rings. The fraction of sp³-hybridized carbons (Fsp3) is 0.222. The summed E-state index contributed by atoms with van der Waals surface area (Å²) >= 11 is 0. The van der Waals surface area contributed by atoms with Crippen molar-refractivity contribution in [3.63, 3.8) is 0 Å². The van der Waals surface area contributed by atoms with E-state index in [1.165, 1.54) is 5.56 Å². The van der Waals surface area contributed by atoms with Crippen LogP contribution in [0.3, 0.4) is 0 Å². The van der Waals surface area contributed by atoms with Gasteiger partial charge in [0.1, 0.15) is 11.4 Å². The molecule has 3 rings (SSSR count). The van der Waals surface area contributed by atoms with Crippen LogP contribution in [0.1, 0.15) is 24.0 Å². The summed E-state index contributed by atoms with van der Waals surface area (Å²) in [4.78, 5) is 19.4. The van der Waals surface area contributed by atoms with Crippen molar-refractivity contribution >= 4 is 22.5 Å². The molecule has 0 saturated carbocycles. The van der Waals surface area contributed by atoms with Gasteiger partial charge in [0.2, 0.25) is 0 Å². The Hall–Kier alpha value is -2.62. The quantitative estimate of drug-likeness (QED) is 0.685. The van der Waals surface area contributed by atoms with Gasteiger partial charge >= 0.3 is 0 Å². The number of fused-ring (bicyclic) bond motifs is 1. The van der Waals surface area contributed by atoms with Crippen LogP contribution < -0.4 is 5.73 Å². The minimum Gasteiger partial charge on any atom is -0.399 e. The van der Waals surface area contributed by atoms with Crippen LogP contribution in [0.15, 0.2) is 48.8 Å². The number of benzene rings is 1. The van der Waals surface area contributed by atoms with Gasteiger partial charge in [0, 0.05) is 36.3 Å². The maximum Gasteiger partial charge on any atom is 0.137 e. The zero-order chi connectivity index (χ0) is 15.4. The molecule has 1 aromatic carbocycles. The van der Waals surface area contributed by atoms with Crippen molar-refractivity contribution < 1.29 is 4.79 Å². The van der Waals surface area contributed by atoms with E-state index in [0.717, 1.165) is 35.1 Å². The maximum atomic E-state index is 12.1. The van der Waals surface area contributed by atoms with Crippen molar-refractivity contribution in [1.29, 1.82) is 0 Å². The predicted octanol–water partition coefficient (Wildman–Crippen LogP) is 3.28. The number of anilines is 1. The Morgan fingerprint density at radius 1 is 1.14 bits per heavy atom. The van der Waals surface area contributed by atoms with Crippen molar-refractivity contribution in [3.8, 4) is 0 Å². The standard InChI is InChI=1S/C18H19N3O/c19-15-3-1-2-13(12-15)4-6-16(22)7-5-14-8-10-20-18-17(14)9-11-21-18/h1-3,8-12H,4-7,19H2,(H,20,21). The first kappa shape index (κ1) is 14.3. The molecule has 4 heteroatoms. The van der Waals surface area contributed by atoms with Gasteiger partial charge in [0.05, 0.1) is 0 Å². The molecule has 4 nitrogen and oxygen atoms in total. The van der Waals surface area contributed by atoms with Crippen LogP contribution in [0.2, 0.25) is 0 Å². The lowest BCUT2D eigenvalue weighted by atomic mass is 10.0. The Morgan fingerprint density at radius 2 is 2.00 bits per heavy atom. The Morgan fingerprint density at radius 3 is 2.86 bits per heavy atom. The molecule has 22 heavy (non-hydrogen) atoms. The number of hydrogen-bond acceptors (Lipinski definition) is 3. The van der Waals surface area contributed by atoms with Crippen LogP contribution >= 0.6 is 0 Å². The van der Waals surface area contributed by atoms with Gasteiger partial charge in [-0.25, -0.2) is 4.98 Å². The number of ketones is 1. The molecule has 0 unspecified atom stereocenters. The second-order valence-corrected chi connectivity index (χ2v) is 5.49. The first-order valence-electron chi connectivity index (χ1n) is 7.49. The van der Waals surface area contributed by atoms with Crippen LogP contribution in [0.4, 0.5) is 5.69 Å². The van der Waals surface area contributed by atoms with Crippen molar-refractivity contribution in [2.24, 2.45) is 0 Å². The second-order valence-electron chi connectivity index (χ2n) is 5.49. The predicted molar refractivity (Wildman–Crippen MR) is 88.6 cm³/mol. The Labute approximate surface area is 129 Å². The van der Waals surface area contributed by atoms with Crippen LogP contribution in [0.25, 0.3) is 11.0 Å². The molecule has 3 N–H and O–H groups in total. The van der Waals surface area contributed by atoms with Crippen molar-refractivity contribution in [1.82, 2.24) is 9.97 Å². The number of H-pyrrole nitrogens is 1. The van der Waals surface area contributed by atoms with E-state index in [4.69, 9.17) is 5.73 Å². The van der Waals surface area contributed by atoms with Gasteiger partial charge in [0.15, 0.2) is 0 Å². The summed E-state index contributed by atoms with van der Waals surface area (Å²) in [6.45, 7) is 0. The van der Waals surface area contributed by atoms with Gasteiger partial charge in [-0.3, -0.25) is 4.79 Å². The number of nitrogen functional groups attached to an aromatic ring is 1. The lowest BCUT2D eigenvalue weighted by molar-refractivity contribution is -0.119. The minimum atomic E-state index is 0.280. The van der Waals surface area contributed by atoms with E-state index in [0.29, 0.717) is 12.8 Å². The number of rotatable bonds is 6. The van der Waals surface area contributed by atoms with Gasteiger partial charge < -0.3 is 10.7 Å². The third-order valence-electron chi connectivity index (χ3n) is 3.87. The minimum absolute atomic E-state index is 0.280.